The van der Waals surface area contributed by atoms with E-state index >= 15 is 0 Å². The van der Waals surface area contributed by atoms with Gasteiger partial charge in [0.05, 0.1) is 5.84 Å². The van der Waals surface area contributed by atoms with Gasteiger partial charge in [-0.1, -0.05) is 71.9 Å². The second-order valence-corrected chi connectivity index (χ2v) is 14.5. The molecule has 0 spiro atoms. The minimum Gasteiger partial charge on any atom is -0.387 e. The van der Waals surface area contributed by atoms with Gasteiger partial charge in [0.15, 0.2) is 0 Å². The lowest BCUT2D eigenvalue weighted by molar-refractivity contribution is 0.481. The van der Waals surface area contributed by atoms with Crippen molar-refractivity contribution in [1.29, 1.82) is 0 Å². The summed E-state index contributed by atoms with van der Waals surface area (Å²) in [5, 5.41) is 0. The fourth-order valence-corrected chi connectivity index (χ4v) is 6.39. The molecule has 0 aromatic carbocycles. The van der Waals surface area contributed by atoms with Crippen molar-refractivity contribution < 1.29 is 0 Å². The number of nitrogens with two attached hydrogens (primary N) is 1. The zero-order chi connectivity index (χ0) is 23.7. The van der Waals surface area contributed by atoms with Crippen molar-refractivity contribution in [3.8, 4) is 0 Å². The predicted molar refractivity (Wildman–Crippen MR) is 145 cm³/mol. The van der Waals surface area contributed by atoms with Gasteiger partial charge < -0.3 is 5.73 Å². The Bertz CT molecular complexity index is 603. The minimum atomic E-state index is 0.0992. The first kappa shape index (κ1) is 28.2. The number of nitrogens with zero attached hydrogens (tertiary/aromatic N) is 1. The molecular formula is C28H51N2P. The topological polar surface area (TPSA) is 38.4 Å². The van der Waals surface area contributed by atoms with Gasteiger partial charge in [0, 0.05) is 6.20 Å². The molecule has 0 amide bonds. The summed E-state index contributed by atoms with van der Waals surface area (Å²) in [5.74, 6) is 0.637. The van der Waals surface area contributed by atoms with Crippen LogP contribution >= 0.6 is 7.92 Å². The summed E-state index contributed by atoms with van der Waals surface area (Å²) in [6.45, 7) is 24.3. The van der Waals surface area contributed by atoms with Crippen LogP contribution in [0.25, 0.3) is 0 Å². The maximum atomic E-state index is 5.63. The van der Waals surface area contributed by atoms with Gasteiger partial charge >= 0.3 is 0 Å². The molecule has 31 heavy (non-hydrogen) atoms. The van der Waals surface area contributed by atoms with E-state index in [1.807, 2.05) is 13.1 Å². The molecule has 0 aliphatic heterocycles. The number of rotatable bonds is 14. The third kappa shape index (κ3) is 12.1. The minimum absolute atomic E-state index is 0.0992. The molecule has 0 aromatic rings. The van der Waals surface area contributed by atoms with E-state index in [4.69, 9.17) is 5.73 Å². The highest BCUT2D eigenvalue weighted by molar-refractivity contribution is 7.57. The summed E-state index contributed by atoms with van der Waals surface area (Å²) < 4.78 is 0. The normalized spacial score (nSPS) is 16.8. The zero-order valence-corrected chi connectivity index (χ0v) is 22.7. The van der Waals surface area contributed by atoms with Crippen LogP contribution in [0.4, 0.5) is 0 Å². The van der Waals surface area contributed by atoms with Gasteiger partial charge in [-0.2, -0.15) is 0 Å². The summed E-state index contributed by atoms with van der Waals surface area (Å²) in [5.41, 5.74) is 9.48. The molecule has 2 nitrogen and oxygen atoms in total. The smallest absolute Gasteiger partial charge is 0.0957 e. The molecule has 2 N–H and O–H groups in total. The van der Waals surface area contributed by atoms with Crippen LogP contribution in [0, 0.1) is 16.2 Å². The van der Waals surface area contributed by atoms with E-state index in [9.17, 15) is 0 Å². The van der Waals surface area contributed by atoms with Crippen LogP contribution in [0.2, 0.25) is 0 Å². The van der Waals surface area contributed by atoms with Crippen LogP contribution in [0.1, 0.15) is 99.8 Å². The number of allylic oxidation sites excluding steroid dienone is 3. The van der Waals surface area contributed by atoms with Crippen molar-refractivity contribution >= 4 is 13.8 Å². The molecular weight excluding hydrogens is 395 g/mol. The maximum absolute atomic E-state index is 5.63. The average Bonchev–Trinajstić information content (AvgIpc) is 3.41. The highest BCUT2D eigenvalue weighted by atomic mass is 31.1. The predicted octanol–water partition coefficient (Wildman–Crippen LogP) is 8.68. The summed E-state index contributed by atoms with van der Waals surface area (Å²) in [6, 6.07) is 0. The molecule has 178 valence electrons. The first-order valence-electron chi connectivity index (χ1n) is 12.3. The van der Waals surface area contributed by atoms with Crippen molar-refractivity contribution in [3.63, 3.8) is 0 Å². The van der Waals surface area contributed by atoms with Crippen LogP contribution in [-0.4, -0.2) is 24.3 Å². The van der Waals surface area contributed by atoms with E-state index in [1.165, 1.54) is 74.6 Å². The Kier molecular flexibility index (Phi) is 11.2. The van der Waals surface area contributed by atoms with Crippen molar-refractivity contribution in [2.75, 3.05) is 18.5 Å². The van der Waals surface area contributed by atoms with Gasteiger partial charge in [0.25, 0.3) is 0 Å². The third-order valence-corrected chi connectivity index (χ3v) is 9.63. The van der Waals surface area contributed by atoms with E-state index in [0.29, 0.717) is 11.3 Å². The second-order valence-electron chi connectivity index (χ2n) is 11.9. The van der Waals surface area contributed by atoms with Gasteiger partial charge in [-0.15, -0.1) is 7.92 Å². The van der Waals surface area contributed by atoms with Crippen LogP contribution in [0.15, 0.2) is 41.6 Å². The van der Waals surface area contributed by atoms with Crippen LogP contribution in [0.3, 0.4) is 0 Å². The van der Waals surface area contributed by atoms with Crippen molar-refractivity contribution in [2.24, 2.45) is 27.0 Å². The molecule has 0 atom stereocenters. The molecule has 1 aliphatic carbocycles. The summed E-state index contributed by atoms with van der Waals surface area (Å²) >= 11 is 0. The maximum Gasteiger partial charge on any atom is 0.0957 e. The van der Waals surface area contributed by atoms with E-state index in [1.54, 1.807) is 0 Å². The molecule has 1 aliphatic rings. The zero-order valence-electron chi connectivity index (χ0n) is 21.8. The first-order chi connectivity index (χ1) is 14.3. The molecule has 0 radical (unpaired) electrons. The molecule has 3 heteroatoms. The Labute approximate surface area is 195 Å². The number of aliphatic imine (C=N–C) groups is 1. The quantitative estimate of drug-likeness (QED) is 0.123. The van der Waals surface area contributed by atoms with Crippen molar-refractivity contribution in [3.05, 3.63) is 36.6 Å². The fraction of sp³-hybridized carbons (Fsp3) is 0.750. The standard InChI is InChI=1S/C28H51N2P/c1-23(26(4,5)6)13-10-20-31(21-11-14-24(2)27(7,8)9)22-18-28(16-17-28)15-12-19-30-25(3)29/h12,19H,1-2,10-11,13-18,20-22H2,3-9H3,(H2,29,30)/b19-12-. The Morgan fingerprint density at radius 2 is 1.42 bits per heavy atom. The number of hydrogen-bond acceptors (Lipinski definition) is 1. The number of hydrogen-bond donors (Lipinski definition) is 1. The van der Waals surface area contributed by atoms with Crippen LogP contribution in [0.5, 0.6) is 0 Å². The van der Waals surface area contributed by atoms with Gasteiger partial charge in [0.2, 0.25) is 0 Å². The van der Waals surface area contributed by atoms with Crippen molar-refractivity contribution in [2.45, 2.75) is 99.8 Å². The molecule has 0 aromatic heterocycles. The Morgan fingerprint density at radius 1 is 0.935 bits per heavy atom. The SMILES string of the molecule is C=C(CCCP(CCCC(=C)C(C)(C)C)CCC1(C/C=C\N=C(/C)N)CC1)C(C)(C)C. The molecule has 0 heterocycles. The van der Waals surface area contributed by atoms with E-state index < -0.39 is 0 Å². The highest BCUT2D eigenvalue weighted by Crippen LogP contribution is 2.55. The summed E-state index contributed by atoms with van der Waals surface area (Å²) in [7, 11) is 0.0992. The first-order valence-corrected chi connectivity index (χ1v) is 14.2. The Balaban J connectivity index is 2.56. The van der Waals surface area contributed by atoms with Gasteiger partial charge in [-0.3, -0.25) is 0 Å². The second kappa shape index (κ2) is 12.4. The molecule has 1 fully saturated rings. The lowest BCUT2D eigenvalue weighted by atomic mass is 9.85. The highest BCUT2D eigenvalue weighted by Gasteiger charge is 2.41. The monoisotopic (exact) mass is 446 g/mol. The molecule has 0 unspecified atom stereocenters. The largest absolute Gasteiger partial charge is 0.387 e. The van der Waals surface area contributed by atoms with E-state index in [0.717, 1.165) is 6.42 Å². The summed E-state index contributed by atoms with van der Waals surface area (Å²) in [6.07, 6.45) is 18.6. The molecule has 0 bridgehead atoms. The van der Waals surface area contributed by atoms with Crippen molar-refractivity contribution in [1.82, 2.24) is 0 Å². The van der Waals surface area contributed by atoms with Crippen LogP contribution in [-0.2, 0) is 0 Å². The number of amidine groups is 1. The van der Waals surface area contributed by atoms with Gasteiger partial charge in [0.1, 0.15) is 0 Å². The lowest BCUT2D eigenvalue weighted by Crippen LogP contribution is -2.10. The van der Waals surface area contributed by atoms with E-state index in [2.05, 4.69) is 65.8 Å². The van der Waals surface area contributed by atoms with Gasteiger partial charge in [-0.25, -0.2) is 4.99 Å². The Morgan fingerprint density at radius 3 is 1.81 bits per heavy atom. The van der Waals surface area contributed by atoms with Gasteiger partial charge in [-0.05, 0) is 93.0 Å². The molecule has 1 saturated carbocycles. The van der Waals surface area contributed by atoms with E-state index in [-0.39, 0.29) is 18.8 Å². The Hall–Kier alpha value is -0.880. The average molecular weight is 447 g/mol. The molecule has 1 rings (SSSR count). The van der Waals surface area contributed by atoms with Crippen LogP contribution < -0.4 is 5.73 Å². The lowest BCUT2D eigenvalue weighted by Gasteiger charge is -2.25. The summed E-state index contributed by atoms with van der Waals surface area (Å²) in [4.78, 5) is 4.21. The fourth-order valence-electron chi connectivity index (χ4n) is 3.72. The molecule has 0 saturated heterocycles. The third-order valence-electron chi connectivity index (χ3n) is 6.88.